The normalized spacial score (nSPS) is 9.43. The molecule has 74 valence electrons. The third-order valence-corrected chi connectivity index (χ3v) is 1.58. The largest absolute Gasteiger partial charge is 0.399 e. The second-order valence-corrected chi connectivity index (χ2v) is 2.83. The first-order valence-corrected chi connectivity index (χ1v) is 4.01. The lowest BCUT2D eigenvalue weighted by Gasteiger charge is -2.01. The summed E-state index contributed by atoms with van der Waals surface area (Å²) >= 11 is 0. The number of urea groups is 1. The summed E-state index contributed by atoms with van der Waals surface area (Å²) in [5.74, 6) is -0.442. The minimum absolute atomic E-state index is 0.0912. The summed E-state index contributed by atoms with van der Waals surface area (Å²) in [7, 11) is 0. The number of carbonyl (C=O) groups is 2. The van der Waals surface area contributed by atoms with E-state index in [1.165, 1.54) is 0 Å². The van der Waals surface area contributed by atoms with Gasteiger partial charge in [0, 0.05) is 5.69 Å². The number of rotatable bonds is 2. The van der Waals surface area contributed by atoms with E-state index in [0.29, 0.717) is 5.69 Å². The van der Waals surface area contributed by atoms with Gasteiger partial charge in [0.2, 0.25) is 5.91 Å². The molecule has 0 radical (unpaired) electrons. The Kier molecular flexibility index (Phi) is 3.06. The minimum Gasteiger partial charge on any atom is -0.399 e. The van der Waals surface area contributed by atoms with E-state index >= 15 is 0 Å². The Morgan fingerprint density at radius 3 is 2.64 bits per heavy atom. The van der Waals surface area contributed by atoms with Gasteiger partial charge in [-0.25, -0.2) is 4.79 Å². The number of primary amides is 1. The zero-order valence-corrected chi connectivity index (χ0v) is 7.49. The summed E-state index contributed by atoms with van der Waals surface area (Å²) < 4.78 is 0. The van der Waals surface area contributed by atoms with Crippen molar-refractivity contribution in [2.24, 2.45) is 5.73 Å². The summed E-state index contributed by atoms with van der Waals surface area (Å²) in [5.41, 5.74) is 11.6. The van der Waals surface area contributed by atoms with E-state index in [4.69, 9.17) is 11.5 Å². The van der Waals surface area contributed by atoms with Crippen LogP contribution in [0.2, 0.25) is 0 Å². The number of hydrogen-bond acceptors (Lipinski definition) is 3. The van der Waals surface area contributed by atoms with E-state index in [-0.39, 0.29) is 6.42 Å². The fraction of sp³-hybridized carbons (Fsp3) is 0.111. The lowest BCUT2D eigenvalue weighted by atomic mass is 10.1. The third kappa shape index (κ3) is 3.14. The van der Waals surface area contributed by atoms with E-state index in [2.05, 4.69) is 0 Å². The lowest BCUT2D eigenvalue weighted by molar-refractivity contribution is -0.119. The van der Waals surface area contributed by atoms with Crippen molar-refractivity contribution in [2.45, 2.75) is 6.42 Å². The smallest absolute Gasteiger partial charge is 0.318 e. The molecule has 0 saturated heterocycles. The minimum atomic E-state index is -0.848. The van der Waals surface area contributed by atoms with Crippen LogP contribution in [0.4, 0.5) is 10.5 Å². The Bertz CT molecular complexity index is 363. The van der Waals surface area contributed by atoms with Crippen LogP contribution in [0.1, 0.15) is 5.56 Å². The number of nitrogen functional groups attached to an aromatic ring is 1. The molecular formula is C9H11N3O2. The first-order chi connectivity index (χ1) is 6.58. The van der Waals surface area contributed by atoms with E-state index in [0.717, 1.165) is 5.56 Å². The summed E-state index contributed by atoms with van der Waals surface area (Å²) in [6, 6.07) is 6.02. The number of amides is 3. The number of nitrogens with one attached hydrogen (secondary N) is 1. The molecule has 1 rings (SSSR count). The third-order valence-electron chi connectivity index (χ3n) is 1.58. The van der Waals surface area contributed by atoms with Crippen LogP contribution in [0.25, 0.3) is 0 Å². The topological polar surface area (TPSA) is 98.2 Å². The number of imide groups is 1. The summed E-state index contributed by atoms with van der Waals surface area (Å²) in [6.07, 6.45) is 0.0912. The predicted molar refractivity (Wildman–Crippen MR) is 52.3 cm³/mol. The van der Waals surface area contributed by atoms with Gasteiger partial charge in [-0.15, -0.1) is 0 Å². The molecule has 0 bridgehead atoms. The highest BCUT2D eigenvalue weighted by Crippen LogP contribution is 2.06. The van der Waals surface area contributed by atoms with E-state index < -0.39 is 11.9 Å². The Balaban J connectivity index is 2.60. The molecule has 3 amide bonds. The summed E-state index contributed by atoms with van der Waals surface area (Å²) in [4.78, 5) is 21.4. The standard InChI is InChI=1S/C9H11N3O2/c10-7-3-1-2-6(4-7)5-8(13)12-9(11)14/h1-4H,5,10H2,(H3,11,12,13,14). The van der Waals surface area contributed by atoms with Crippen molar-refractivity contribution in [2.75, 3.05) is 5.73 Å². The van der Waals surface area contributed by atoms with Crippen molar-refractivity contribution in [3.63, 3.8) is 0 Å². The van der Waals surface area contributed by atoms with Gasteiger partial charge in [-0.1, -0.05) is 12.1 Å². The van der Waals surface area contributed by atoms with Gasteiger partial charge in [0.05, 0.1) is 6.42 Å². The maximum Gasteiger partial charge on any atom is 0.318 e. The lowest BCUT2D eigenvalue weighted by Crippen LogP contribution is -2.35. The first kappa shape index (κ1) is 10.0. The number of carbonyl (C=O) groups excluding carboxylic acids is 2. The van der Waals surface area contributed by atoms with Gasteiger partial charge in [-0.2, -0.15) is 0 Å². The molecule has 0 aliphatic carbocycles. The van der Waals surface area contributed by atoms with E-state index in [1.807, 2.05) is 5.32 Å². The van der Waals surface area contributed by atoms with Crippen molar-refractivity contribution in [1.29, 1.82) is 0 Å². The number of hydrogen-bond donors (Lipinski definition) is 3. The fourth-order valence-corrected chi connectivity index (χ4v) is 1.07. The van der Waals surface area contributed by atoms with Crippen molar-refractivity contribution >= 4 is 17.6 Å². The monoisotopic (exact) mass is 193 g/mol. The molecule has 5 N–H and O–H groups in total. The summed E-state index contributed by atoms with van der Waals surface area (Å²) in [6.45, 7) is 0. The van der Waals surface area contributed by atoms with Crippen LogP contribution in [0.15, 0.2) is 24.3 Å². The molecular weight excluding hydrogens is 182 g/mol. The molecule has 1 aromatic rings. The second kappa shape index (κ2) is 4.27. The van der Waals surface area contributed by atoms with Crippen molar-refractivity contribution in [3.05, 3.63) is 29.8 Å². The molecule has 0 fully saturated rings. The molecule has 14 heavy (non-hydrogen) atoms. The van der Waals surface area contributed by atoms with Gasteiger partial charge in [0.1, 0.15) is 0 Å². The highest BCUT2D eigenvalue weighted by molar-refractivity contribution is 5.94. The van der Waals surface area contributed by atoms with Crippen molar-refractivity contribution < 1.29 is 9.59 Å². The maximum absolute atomic E-state index is 11.1. The van der Waals surface area contributed by atoms with Crippen LogP contribution in [0.3, 0.4) is 0 Å². The van der Waals surface area contributed by atoms with E-state index in [9.17, 15) is 9.59 Å². The summed E-state index contributed by atoms with van der Waals surface area (Å²) in [5, 5.41) is 1.97. The van der Waals surface area contributed by atoms with Gasteiger partial charge < -0.3 is 11.5 Å². The average Bonchev–Trinajstić information content (AvgIpc) is 2.01. The molecule has 0 heterocycles. The van der Waals surface area contributed by atoms with Crippen LogP contribution >= 0.6 is 0 Å². The number of nitrogens with two attached hydrogens (primary N) is 2. The zero-order chi connectivity index (χ0) is 10.6. The Hall–Kier alpha value is -2.04. The van der Waals surface area contributed by atoms with Gasteiger partial charge >= 0.3 is 6.03 Å². The molecule has 0 aromatic heterocycles. The Labute approximate surface area is 81.1 Å². The predicted octanol–water partition coefficient (Wildman–Crippen LogP) is 0.00620. The SMILES string of the molecule is NC(=O)NC(=O)Cc1cccc(N)c1. The van der Waals surface area contributed by atoms with Gasteiger partial charge in [-0.05, 0) is 17.7 Å². The fourth-order valence-electron chi connectivity index (χ4n) is 1.07. The molecule has 0 spiro atoms. The Morgan fingerprint density at radius 2 is 2.07 bits per heavy atom. The highest BCUT2D eigenvalue weighted by Gasteiger charge is 2.05. The number of benzene rings is 1. The second-order valence-electron chi connectivity index (χ2n) is 2.83. The molecule has 5 nitrogen and oxygen atoms in total. The quantitative estimate of drug-likeness (QED) is 0.577. The molecule has 0 aliphatic rings. The molecule has 0 saturated carbocycles. The van der Waals surface area contributed by atoms with Crippen LogP contribution < -0.4 is 16.8 Å². The van der Waals surface area contributed by atoms with E-state index in [1.54, 1.807) is 24.3 Å². The first-order valence-electron chi connectivity index (χ1n) is 4.01. The van der Waals surface area contributed by atoms with Gasteiger partial charge in [-0.3, -0.25) is 10.1 Å². The zero-order valence-electron chi connectivity index (χ0n) is 7.49. The van der Waals surface area contributed by atoms with Crippen LogP contribution in [0.5, 0.6) is 0 Å². The van der Waals surface area contributed by atoms with Crippen LogP contribution in [0, 0.1) is 0 Å². The van der Waals surface area contributed by atoms with Crippen molar-refractivity contribution in [3.8, 4) is 0 Å². The molecule has 0 atom stereocenters. The van der Waals surface area contributed by atoms with Gasteiger partial charge in [0.25, 0.3) is 0 Å². The van der Waals surface area contributed by atoms with Crippen LogP contribution in [-0.4, -0.2) is 11.9 Å². The molecule has 5 heteroatoms. The molecule has 0 unspecified atom stereocenters. The van der Waals surface area contributed by atoms with Crippen LogP contribution in [-0.2, 0) is 11.2 Å². The maximum atomic E-state index is 11.1. The highest BCUT2D eigenvalue weighted by atomic mass is 16.2. The Morgan fingerprint density at radius 1 is 1.36 bits per heavy atom. The number of anilines is 1. The van der Waals surface area contributed by atoms with Crippen molar-refractivity contribution in [1.82, 2.24) is 5.32 Å². The van der Waals surface area contributed by atoms with Gasteiger partial charge in [0.15, 0.2) is 0 Å². The average molecular weight is 193 g/mol. The molecule has 0 aliphatic heterocycles. The molecule has 1 aromatic carbocycles.